The highest BCUT2D eigenvalue weighted by molar-refractivity contribution is 5.77. The molecule has 0 aliphatic carbocycles. The van der Waals surface area contributed by atoms with Gasteiger partial charge >= 0.3 is 0 Å². The zero-order valence-electron chi connectivity index (χ0n) is 14.8. The number of hydrogen-bond acceptors (Lipinski definition) is 3. The fourth-order valence-electron chi connectivity index (χ4n) is 2.38. The van der Waals surface area contributed by atoms with Crippen LogP contribution >= 0.6 is 0 Å². The van der Waals surface area contributed by atoms with E-state index in [9.17, 15) is 4.79 Å². The molecule has 4 nitrogen and oxygen atoms in total. The molecule has 0 atom stereocenters. The van der Waals surface area contributed by atoms with E-state index in [2.05, 4.69) is 6.92 Å². The number of methoxy groups -OCH3 is 1. The zero-order chi connectivity index (χ0) is 17.5. The molecule has 0 bridgehead atoms. The van der Waals surface area contributed by atoms with Crippen LogP contribution in [0.25, 0.3) is 0 Å². The number of amides is 1. The van der Waals surface area contributed by atoms with Crippen LogP contribution in [0, 0.1) is 13.8 Å². The predicted molar refractivity (Wildman–Crippen MR) is 95.7 cm³/mol. The molecule has 0 aliphatic rings. The molecule has 0 heterocycles. The highest BCUT2D eigenvalue weighted by Gasteiger charge is 2.11. The normalized spacial score (nSPS) is 10.3. The smallest absolute Gasteiger partial charge is 0.260 e. The summed E-state index contributed by atoms with van der Waals surface area (Å²) in [5.74, 6) is 1.54. The van der Waals surface area contributed by atoms with E-state index >= 15 is 0 Å². The van der Waals surface area contributed by atoms with Gasteiger partial charge in [-0.25, -0.2) is 0 Å². The second kappa shape index (κ2) is 8.39. The molecule has 0 aromatic heterocycles. The Morgan fingerprint density at radius 3 is 2.54 bits per heavy atom. The van der Waals surface area contributed by atoms with Crippen LogP contribution in [0.5, 0.6) is 11.5 Å². The molecule has 0 unspecified atom stereocenters. The van der Waals surface area contributed by atoms with Crippen molar-refractivity contribution in [2.75, 3.05) is 27.3 Å². The summed E-state index contributed by atoms with van der Waals surface area (Å²) in [4.78, 5) is 13.9. The maximum Gasteiger partial charge on any atom is 0.260 e. The number of carbonyl (C=O) groups excluding carboxylic acids is 1. The number of likely N-dealkylation sites (N-methyl/N-ethyl adjacent to an activating group) is 1. The number of rotatable bonds is 7. The highest BCUT2D eigenvalue weighted by atomic mass is 16.5. The van der Waals surface area contributed by atoms with Gasteiger partial charge in [-0.2, -0.15) is 0 Å². The highest BCUT2D eigenvalue weighted by Crippen LogP contribution is 2.18. The molecule has 0 radical (unpaired) electrons. The van der Waals surface area contributed by atoms with Gasteiger partial charge in [0.25, 0.3) is 5.91 Å². The van der Waals surface area contributed by atoms with Gasteiger partial charge < -0.3 is 14.4 Å². The minimum Gasteiger partial charge on any atom is -0.496 e. The van der Waals surface area contributed by atoms with Gasteiger partial charge in [-0.15, -0.1) is 0 Å². The Hall–Kier alpha value is -2.49. The Bertz CT molecular complexity index is 697. The zero-order valence-corrected chi connectivity index (χ0v) is 14.8. The van der Waals surface area contributed by atoms with Gasteiger partial charge in [0, 0.05) is 13.6 Å². The topological polar surface area (TPSA) is 38.8 Å². The van der Waals surface area contributed by atoms with E-state index in [-0.39, 0.29) is 12.5 Å². The van der Waals surface area contributed by atoms with Crippen LogP contribution in [0.15, 0.2) is 42.5 Å². The number of hydrogen-bond donors (Lipinski definition) is 0. The van der Waals surface area contributed by atoms with E-state index in [0.717, 1.165) is 29.0 Å². The molecule has 0 spiro atoms. The molecule has 0 saturated carbocycles. The van der Waals surface area contributed by atoms with Crippen molar-refractivity contribution in [3.8, 4) is 11.5 Å². The summed E-state index contributed by atoms with van der Waals surface area (Å²) in [6.45, 7) is 4.75. The number of ether oxygens (including phenoxy) is 2. The number of para-hydroxylation sites is 1. The second-order valence-electron chi connectivity index (χ2n) is 5.91. The minimum atomic E-state index is -0.0388. The summed E-state index contributed by atoms with van der Waals surface area (Å²) >= 11 is 0. The standard InChI is InChI=1S/C20H25NO3/c1-15-9-10-18(13-16(15)2)24-14-20(22)21(3)12-11-17-7-5-6-8-19(17)23-4/h5-10,13H,11-12,14H2,1-4H3. The van der Waals surface area contributed by atoms with Gasteiger partial charge in [-0.05, 0) is 55.2 Å². The summed E-state index contributed by atoms with van der Waals surface area (Å²) in [6, 6.07) is 13.7. The maximum absolute atomic E-state index is 12.2. The first-order valence-corrected chi connectivity index (χ1v) is 8.07. The Balaban J connectivity index is 1.84. The van der Waals surface area contributed by atoms with Gasteiger partial charge in [0.1, 0.15) is 11.5 Å². The Labute approximate surface area is 144 Å². The lowest BCUT2D eigenvalue weighted by Crippen LogP contribution is -2.33. The van der Waals surface area contributed by atoms with Crippen molar-refractivity contribution in [3.05, 3.63) is 59.2 Å². The third kappa shape index (κ3) is 4.75. The Morgan fingerprint density at radius 2 is 1.83 bits per heavy atom. The number of nitrogens with zero attached hydrogens (tertiary/aromatic N) is 1. The first-order valence-electron chi connectivity index (χ1n) is 8.07. The van der Waals surface area contributed by atoms with Gasteiger partial charge in [0.05, 0.1) is 7.11 Å². The number of carbonyl (C=O) groups is 1. The maximum atomic E-state index is 12.2. The lowest BCUT2D eigenvalue weighted by molar-refractivity contribution is -0.132. The van der Waals surface area contributed by atoms with E-state index < -0.39 is 0 Å². The van der Waals surface area contributed by atoms with Crippen LogP contribution in [-0.2, 0) is 11.2 Å². The molecule has 0 N–H and O–H groups in total. The van der Waals surface area contributed by atoms with Crippen LogP contribution in [0.4, 0.5) is 0 Å². The summed E-state index contributed by atoms with van der Waals surface area (Å²) in [6.07, 6.45) is 0.746. The number of benzene rings is 2. The lowest BCUT2D eigenvalue weighted by atomic mass is 10.1. The Kier molecular flexibility index (Phi) is 6.24. The van der Waals surface area contributed by atoms with Crippen molar-refractivity contribution in [2.45, 2.75) is 20.3 Å². The molecule has 2 aromatic carbocycles. The van der Waals surface area contributed by atoms with E-state index in [1.807, 2.05) is 49.4 Å². The Morgan fingerprint density at radius 1 is 1.08 bits per heavy atom. The van der Waals surface area contributed by atoms with Gasteiger partial charge in [-0.3, -0.25) is 4.79 Å². The molecule has 0 saturated heterocycles. The third-order valence-electron chi connectivity index (χ3n) is 4.18. The molecule has 0 fully saturated rings. The molecule has 4 heteroatoms. The average molecular weight is 327 g/mol. The van der Waals surface area contributed by atoms with E-state index in [1.165, 1.54) is 5.56 Å². The fourth-order valence-corrected chi connectivity index (χ4v) is 2.38. The van der Waals surface area contributed by atoms with E-state index in [0.29, 0.717) is 6.54 Å². The van der Waals surface area contributed by atoms with E-state index in [4.69, 9.17) is 9.47 Å². The first-order chi connectivity index (χ1) is 11.5. The summed E-state index contributed by atoms with van der Waals surface area (Å²) < 4.78 is 10.9. The first kappa shape index (κ1) is 17.9. The molecular formula is C20H25NO3. The van der Waals surface area contributed by atoms with E-state index in [1.54, 1.807) is 19.1 Å². The third-order valence-corrected chi connectivity index (χ3v) is 4.18. The quantitative estimate of drug-likeness (QED) is 0.782. The van der Waals surface area contributed by atoms with Gasteiger partial charge in [0.15, 0.2) is 6.61 Å². The predicted octanol–water partition coefficient (Wildman–Crippen LogP) is 3.39. The van der Waals surface area contributed by atoms with Crippen LogP contribution in [0.1, 0.15) is 16.7 Å². The molecule has 128 valence electrons. The van der Waals surface area contributed by atoms with Crippen molar-refractivity contribution < 1.29 is 14.3 Å². The lowest BCUT2D eigenvalue weighted by Gasteiger charge is -2.18. The minimum absolute atomic E-state index is 0.0388. The van der Waals surface area contributed by atoms with Crippen molar-refractivity contribution in [1.29, 1.82) is 0 Å². The monoisotopic (exact) mass is 327 g/mol. The summed E-state index contributed by atoms with van der Waals surface area (Å²) in [5, 5.41) is 0. The summed E-state index contributed by atoms with van der Waals surface area (Å²) in [7, 11) is 3.45. The number of aryl methyl sites for hydroxylation is 2. The molecule has 24 heavy (non-hydrogen) atoms. The van der Waals surface area contributed by atoms with Crippen molar-refractivity contribution in [1.82, 2.24) is 4.90 Å². The molecule has 0 aliphatic heterocycles. The van der Waals surface area contributed by atoms with Crippen molar-refractivity contribution in [2.24, 2.45) is 0 Å². The molecule has 2 aromatic rings. The fraction of sp³-hybridized carbons (Fsp3) is 0.350. The van der Waals surface area contributed by atoms with Crippen LogP contribution < -0.4 is 9.47 Å². The van der Waals surface area contributed by atoms with Crippen LogP contribution in [0.3, 0.4) is 0 Å². The van der Waals surface area contributed by atoms with Crippen LogP contribution in [-0.4, -0.2) is 38.1 Å². The average Bonchev–Trinajstić information content (AvgIpc) is 2.60. The second-order valence-corrected chi connectivity index (χ2v) is 5.91. The molecule has 1 amide bonds. The molecule has 2 rings (SSSR count). The van der Waals surface area contributed by atoms with Crippen LogP contribution in [0.2, 0.25) is 0 Å². The largest absolute Gasteiger partial charge is 0.496 e. The van der Waals surface area contributed by atoms with Gasteiger partial charge in [0.2, 0.25) is 0 Å². The summed E-state index contributed by atoms with van der Waals surface area (Å²) in [5.41, 5.74) is 3.46. The SMILES string of the molecule is COc1ccccc1CCN(C)C(=O)COc1ccc(C)c(C)c1. The van der Waals surface area contributed by atoms with Crippen molar-refractivity contribution >= 4 is 5.91 Å². The van der Waals surface area contributed by atoms with Crippen molar-refractivity contribution in [3.63, 3.8) is 0 Å². The van der Waals surface area contributed by atoms with Gasteiger partial charge in [-0.1, -0.05) is 24.3 Å². The molecular weight excluding hydrogens is 302 g/mol.